The molecule has 20 heavy (non-hydrogen) atoms. The smallest absolute Gasteiger partial charge is 0.0547 e. The average molecular weight is 275 g/mol. The van der Waals surface area contributed by atoms with Gasteiger partial charge in [0.2, 0.25) is 0 Å². The van der Waals surface area contributed by atoms with Crippen LogP contribution in [0.4, 0.5) is 0 Å². The van der Waals surface area contributed by atoms with E-state index in [0.29, 0.717) is 0 Å². The van der Waals surface area contributed by atoms with Gasteiger partial charge >= 0.3 is 0 Å². The number of nitrogens with one attached hydrogen (secondary N) is 1. The van der Waals surface area contributed by atoms with Crippen molar-refractivity contribution < 1.29 is 0 Å². The van der Waals surface area contributed by atoms with Crippen LogP contribution >= 0.6 is 0 Å². The Balaban J connectivity index is 1.85. The van der Waals surface area contributed by atoms with Crippen molar-refractivity contribution >= 4 is 0 Å². The molecule has 1 aliphatic heterocycles. The van der Waals surface area contributed by atoms with Gasteiger partial charge in [0.25, 0.3) is 0 Å². The molecule has 0 saturated carbocycles. The number of hydrogen-bond acceptors (Lipinski definition) is 3. The van der Waals surface area contributed by atoms with Gasteiger partial charge in [0, 0.05) is 19.6 Å². The molecule has 3 nitrogen and oxygen atoms in total. The molecule has 0 aromatic carbocycles. The topological polar surface area (TPSA) is 28.2 Å². The fraction of sp³-hybridized carbons (Fsp3) is 0.706. The maximum absolute atomic E-state index is 4.77. The van der Waals surface area contributed by atoms with Gasteiger partial charge in [-0.15, -0.1) is 0 Å². The third kappa shape index (κ3) is 4.57. The molecule has 0 spiro atoms. The molecular formula is C17H29N3. The first-order valence-electron chi connectivity index (χ1n) is 8.07. The molecular weight excluding hydrogens is 246 g/mol. The van der Waals surface area contributed by atoms with Crippen LogP contribution in [0.1, 0.15) is 45.0 Å². The van der Waals surface area contributed by atoms with Crippen LogP contribution in [0.25, 0.3) is 0 Å². The quantitative estimate of drug-likeness (QED) is 0.775. The largest absolute Gasteiger partial charge is 0.311 e. The minimum atomic E-state index is 0.803. The third-order valence-electron chi connectivity index (χ3n) is 4.23. The van der Waals surface area contributed by atoms with Crippen LogP contribution in [0, 0.1) is 11.8 Å². The van der Waals surface area contributed by atoms with E-state index in [-0.39, 0.29) is 0 Å². The molecule has 112 valence electrons. The molecule has 0 amide bonds. The van der Waals surface area contributed by atoms with Crippen LogP contribution in [0.15, 0.2) is 18.2 Å². The highest BCUT2D eigenvalue weighted by atomic mass is 15.2. The average Bonchev–Trinajstić information content (AvgIpc) is 2.88. The Morgan fingerprint density at radius 2 is 2.15 bits per heavy atom. The van der Waals surface area contributed by atoms with E-state index in [1.54, 1.807) is 0 Å². The van der Waals surface area contributed by atoms with Gasteiger partial charge in [0.15, 0.2) is 0 Å². The first-order valence-corrected chi connectivity index (χ1v) is 8.07. The zero-order chi connectivity index (χ0) is 14.4. The lowest BCUT2D eigenvalue weighted by atomic mass is 9.95. The van der Waals surface area contributed by atoms with Gasteiger partial charge in [-0.3, -0.25) is 9.88 Å². The lowest BCUT2D eigenvalue weighted by Gasteiger charge is -2.17. The summed E-state index contributed by atoms with van der Waals surface area (Å²) >= 11 is 0. The van der Waals surface area contributed by atoms with Crippen molar-refractivity contribution in [3.8, 4) is 0 Å². The fourth-order valence-electron chi connectivity index (χ4n) is 2.89. The molecule has 1 aliphatic rings. The van der Waals surface area contributed by atoms with Crippen molar-refractivity contribution in [3.05, 3.63) is 29.6 Å². The van der Waals surface area contributed by atoms with Crippen molar-refractivity contribution in [3.63, 3.8) is 0 Å². The highest BCUT2D eigenvalue weighted by Gasteiger charge is 2.24. The van der Waals surface area contributed by atoms with Crippen LogP contribution in [0.5, 0.6) is 0 Å². The normalized spacial score (nSPS) is 19.9. The maximum Gasteiger partial charge on any atom is 0.0547 e. The van der Waals surface area contributed by atoms with E-state index in [1.807, 2.05) is 0 Å². The Labute approximate surface area is 123 Å². The molecule has 2 heterocycles. The van der Waals surface area contributed by atoms with Crippen molar-refractivity contribution in [2.75, 3.05) is 19.6 Å². The van der Waals surface area contributed by atoms with E-state index in [2.05, 4.69) is 49.2 Å². The Bertz CT molecular complexity index is 403. The summed E-state index contributed by atoms with van der Waals surface area (Å²) < 4.78 is 0. The predicted molar refractivity (Wildman–Crippen MR) is 84.5 cm³/mol. The van der Waals surface area contributed by atoms with Gasteiger partial charge in [0.1, 0.15) is 0 Å². The summed E-state index contributed by atoms with van der Waals surface area (Å²) in [5.74, 6) is 1.67. The number of hydrogen-bond donors (Lipinski definition) is 1. The molecule has 1 aromatic rings. The first-order chi connectivity index (χ1) is 9.69. The van der Waals surface area contributed by atoms with Crippen LogP contribution in [0.3, 0.4) is 0 Å². The second-order valence-corrected chi connectivity index (χ2v) is 6.32. The number of aromatic nitrogens is 1. The van der Waals surface area contributed by atoms with Crippen molar-refractivity contribution in [2.45, 2.75) is 46.7 Å². The van der Waals surface area contributed by atoms with Gasteiger partial charge in [-0.2, -0.15) is 0 Å². The van der Waals surface area contributed by atoms with Gasteiger partial charge in [-0.1, -0.05) is 26.8 Å². The van der Waals surface area contributed by atoms with Gasteiger partial charge < -0.3 is 5.32 Å². The third-order valence-corrected chi connectivity index (χ3v) is 4.23. The summed E-state index contributed by atoms with van der Waals surface area (Å²) in [5, 5.41) is 3.42. The predicted octanol–water partition coefficient (Wildman–Crippen LogP) is 3.06. The lowest BCUT2D eigenvalue weighted by Crippen LogP contribution is -2.22. The summed E-state index contributed by atoms with van der Waals surface area (Å²) in [4.78, 5) is 7.33. The van der Waals surface area contributed by atoms with E-state index in [0.717, 1.165) is 37.2 Å². The van der Waals surface area contributed by atoms with E-state index in [9.17, 15) is 0 Å². The molecule has 1 unspecified atom stereocenters. The summed E-state index contributed by atoms with van der Waals surface area (Å²) in [6, 6.07) is 6.42. The highest BCUT2D eigenvalue weighted by molar-refractivity contribution is 5.11. The van der Waals surface area contributed by atoms with Crippen LogP contribution in [0.2, 0.25) is 0 Å². The Hall–Kier alpha value is -0.930. The number of rotatable bonds is 7. The molecule has 2 rings (SSSR count). The molecule has 1 fully saturated rings. The van der Waals surface area contributed by atoms with Crippen LogP contribution in [-0.2, 0) is 13.1 Å². The van der Waals surface area contributed by atoms with Gasteiger partial charge in [0.05, 0.1) is 11.4 Å². The molecule has 0 radical (unpaired) electrons. The molecule has 1 aromatic heterocycles. The molecule has 0 bridgehead atoms. The standard InChI is InChI=1S/C17H29N3/c1-4-9-18-11-16-6-5-7-17(19-16)13-20-10-8-15(12-20)14(2)3/h5-7,14-15,18H,4,8-13H2,1-3H3. The highest BCUT2D eigenvalue weighted by Crippen LogP contribution is 2.24. The fourth-order valence-corrected chi connectivity index (χ4v) is 2.89. The molecule has 3 heteroatoms. The minimum absolute atomic E-state index is 0.803. The van der Waals surface area contributed by atoms with Gasteiger partial charge in [-0.05, 0) is 49.9 Å². The Morgan fingerprint density at radius 1 is 1.35 bits per heavy atom. The van der Waals surface area contributed by atoms with Gasteiger partial charge in [-0.25, -0.2) is 0 Å². The number of nitrogens with zero attached hydrogens (tertiary/aromatic N) is 2. The summed E-state index contributed by atoms with van der Waals surface area (Å²) in [6.07, 6.45) is 2.51. The van der Waals surface area contributed by atoms with Crippen LogP contribution < -0.4 is 5.32 Å². The summed E-state index contributed by atoms with van der Waals surface area (Å²) in [7, 11) is 0. The molecule has 0 aliphatic carbocycles. The van der Waals surface area contributed by atoms with E-state index >= 15 is 0 Å². The summed E-state index contributed by atoms with van der Waals surface area (Å²) in [5.41, 5.74) is 2.38. The summed E-state index contributed by atoms with van der Waals surface area (Å²) in [6.45, 7) is 12.3. The second-order valence-electron chi connectivity index (χ2n) is 6.32. The van der Waals surface area contributed by atoms with Crippen LogP contribution in [-0.4, -0.2) is 29.5 Å². The number of likely N-dealkylation sites (tertiary alicyclic amines) is 1. The number of pyridine rings is 1. The zero-order valence-electron chi connectivity index (χ0n) is 13.2. The van der Waals surface area contributed by atoms with E-state index in [4.69, 9.17) is 4.98 Å². The minimum Gasteiger partial charge on any atom is -0.311 e. The maximum atomic E-state index is 4.77. The Kier molecular flexibility index (Phi) is 5.99. The van der Waals surface area contributed by atoms with Crippen molar-refractivity contribution in [2.24, 2.45) is 11.8 Å². The SMILES string of the molecule is CCCNCc1cccc(CN2CCC(C(C)C)C2)n1. The second kappa shape index (κ2) is 7.75. The lowest BCUT2D eigenvalue weighted by molar-refractivity contribution is 0.293. The monoisotopic (exact) mass is 275 g/mol. The Morgan fingerprint density at radius 3 is 2.85 bits per heavy atom. The van der Waals surface area contributed by atoms with E-state index < -0.39 is 0 Å². The van der Waals surface area contributed by atoms with Crippen molar-refractivity contribution in [1.29, 1.82) is 0 Å². The van der Waals surface area contributed by atoms with E-state index in [1.165, 1.54) is 31.6 Å². The molecule has 1 saturated heterocycles. The first kappa shape index (κ1) is 15.5. The molecule has 1 N–H and O–H groups in total. The molecule has 1 atom stereocenters. The van der Waals surface area contributed by atoms with Crippen molar-refractivity contribution in [1.82, 2.24) is 15.2 Å². The zero-order valence-corrected chi connectivity index (χ0v) is 13.2.